The quantitative estimate of drug-likeness (QED) is 0.438. The van der Waals surface area contributed by atoms with E-state index in [1.165, 1.54) is 34.9 Å². The zero-order chi connectivity index (χ0) is 22.3. The number of hydrogen-bond donors (Lipinski definition) is 1. The van der Waals surface area contributed by atoms with Gasteiger partial charge in [0, 0.05) is 22.5 Å². The molecule has 0 saturated heterocycles. The monoisotopic (exact) mass is 433 g/mol. The summed E-state index contributed by atoms with van der Waals surface area (Å²) in [6, 6.07) is 11.0. The van der Waals surface area contributed by atoms with Crippen molar-refractivity contribution in [3.63, 3.8) is 0 Å². The third-order valence-electron chi connectivity index (χ3n) is 4.46. The third-order valence-corrected chi connectivity index (χ3v) is 4.46. The van der Waals surface area contributed by atoms with E-state index < -0.39 is 24.1 Å². The number of carbonyl (C=O) groups excluding carboxylic acids is 1. The van der Waals surface area contributed by atoms with Crippen molar-refractivity contribution in [2.75, 3.05) is 6.61 Å². The van der Waals surface area contributed by atoms with Crippen molar-refractivity contribution < 1.29 is 41.8 Å². The van der Waals surface area contributed by atoms with Crippen molar-refractivity contribution in [3.05, 3.63) is 60.0 Å². The maximum absolute atomic E-state index is 12.6. The summed E-state index contributed by atoms with van der Waals surface area (Å²) in [4.78, 5) is 23.7. The molecule has 0 aliphatic rings. The van der Waals surface area contributed by atoms with Crippen LogP contribution in [0.5, 0.6) is 5.75 Å². The number of aromatic nitrogens is 1. The van der Waals surface area contributed by atoms with Gasteiger partial charge in [0.15, 0.2) is 0 Å². The highest BCUT2D eigenvalue weighted by Crippen LogP contribution is 2.32. The second kappa shape index (κ2) is 7.38. The number of nitrogens with zero attached hydrogens (tertiary/aromatic N) is 1. The molecule has 2 heterocycles. The fourth-order valence-electron chi connectivity index (χ4n) is 3.29. The van der Waals surface area contributed by atoms with Crippen LogP contribution in [0.25, 0.3) is 27.6 Å². The van der Waals surface area contributed by atoms with Crippen LogP contribution in [0.1, 0.15) is 28.0 Å². The number of benzene rings is 2. The van der Waals surface area contributed by atoms with Gasteiger partial charge in [0.05, 0.1) is 12.1 Å². The summed E-state index contributed by atoms with van der Waals surface area (Å²) >= 11 is 0. The van der Waals surface area contributed by atoms with Gasteiger partial charge in [0.2, 0.25) is 5.76 Å². The molecule has 2 aromatic heterocycles. The van der Waals surface area contributed by atoms with Gasteiger partial charge in [-0.15, -0.1) is 13.2 Å². The van der Waals surface area contributed by atoms with Gasteiger partial charge in [-0.2, -0.15) is 0 Å². The molecular weight excluding hydrogens is 419 g/mol. The standard InChI is InChI=1S/C21H14F3NO6/c1-2-29-20(28)18-9-12-7-13(4-6-17(12)30-18)25-15-10-14(31-21(22,23)24)5-3-11(15)8-16(25)19(26)27/h3-10H,2H2,1H3,(H,26,27). The van der Waals surface area contributed by atoms with Crippen LogP contribution in [0.15, 0.2) is 52.9 Å². The van der Waals surface area contributed by atoms with Gasteiger partial charge < -0.3 is 23.6 Å². The Bertz CT molecular complexity index is 1320. The maximum atomic E-state index is 12.6. The lowest BCUT2D eigenvalue weighted by molar-refractivity contribution is -0.274. The van der Waals surface area contributed by atoms with Crippen LogP contribution in [-0.2, 0) is 4.74 Å². The smallest absolute Gasteiger partial charge is 0.477 e. The van der Waals surface area contributed by atoms with E-state index in [9.17, 15) is 27.9 Å². The number of hydrogen-bond acceptors (Lipinski definition) is 5. The second-order valence-corrected chi connectivity index (χ2v) is 6.49. The van der Waals surface area contributed by atoms with Crippen molar-refractivity contribution in [3.8, 4) is 11.4 Å². The van der Waals surface area contributed by atoms with E-state index in [2.05, 4.69) is 4.74 Å². The van der Waals surface area contributed by atoms with Crippen molar-refractivity contribution in [2.24, 2.45) is 0 Å². The Kier molecular flexibility index (Phi) is 4.84. The molecule has 0 bridgehead atoms. The lowest BCUT2D eigenvalue weighted by Crippen LogP contribution is -2.17. The van der Waals surface area contributed by atoms with E-state index in [0.29, 0.717) is 22.0 Å². The SMILES string of the molecule is CCOC(=O)c1cc2cc(-n3c(C(=O)O)cc4ccc(OC(F)(F)F)cc43)ccc2o1. The third kappa shape index (κ3) is 3.91. The number of furan rings is 1. The summed E-state index contributed by atoms with van der Waals surface area (Å²) in [5.74, 6) is -2.42. The molecule has 0 unspecified atom stereocenters. The Hall–Kier alpha value is -3.95. The summed E-state index contributed by atoms with van der Waals surface area (Å²) in [5, 5.41) is 10.5. The lowest BCUT2D eigenvalue weighted by atomic mass is 10.2. The number of carboxylic acid groups (broad SMARTS) is 1. The van der Waals surface area contributed by atoms with Crippen molar-refractivity contribution in [2.45, 2.75) is 13.3 Å². The van der Waals surface area contributed by atoms with Gasteiger partial charge in [-0.05, 0) is 49.4 Å². The Balaban J connectivity index is 1.87. The molecule has 1 N–H and O–H groups in total. The number of aromatic carboxylic acids is 1. The zero-order valence-electron chi connectivity index (χ0n) is 15.9. The first-order valence-electron chi connectivity index (χ1n) is 9.02. The highest BCUT2D eigenvalue weighted by atomic mass is 19.4. The number of alkyl halides is 3. The van der Waals surface area contributed by atoms with Crippen LogP contribution in [0.4, 0.5) is 13.2 Å². The highest BCUT2D eigenvalue weighted by molar-refractivity contribution is 5.98. The molecule has 4 rings (SSSR count). The average molecular weight is 433 g/mol. The Morgan fingerprint density at radius 2 is 1.84 bits per heavy atom. The van der Waals surface area contributed by atoms with Gasteiger partial charge in [0.25, 0.3) is 0 Å². The summed E-state index contributed by atoms with van der Waals surface area (Å²) in [7, 11) is 0. The van der Waals surface area contributed by atoms with Gasteiger partial charge in [-0.25, -0.2) is 9.59 Å². The van der Waals surface area contributed by atoms with E-state index in [1.807, 2.05) is 0 Å². The summed E-state index contributed by atoms with van der Waals surface area (Å²) in [5.41, 5.74) is 0.752. The summed E-state index contributed by atoms with van der Waals surface area (Å²) in [6.45, 7) is 1.82. The van der Waals surface area contributed by atoms with Crippen LogP contribution in [0.3, 0.4) is 0 Å². The molecule has 0 saturated carbocycles. The summed E-state index contributed by atoms with van der Waals surface area (Å²) < 4.78 is 53.5. The van der Waals surface area contributed by atoms with Crippen LogP contribution >= 0.6 is 0 Å². The second-order valence-electron chi connectivity index (χ2n) is 6.49. The molecule has 4 aromatic rings. The molecule has 160 valence electrons. The molecule has 2 aromatic carbocycles. The van der Waals surface area contributed by atoms with Gasteiger partial charge in [-0.1, -0.05) is 0 Å². The van der Waals surface area contributed by atoms with Crippen LogP contribution in [0.2, 0.25) is 0 Å². The zero-order valence-corrected chi connectivity index (χ0v) is 15.9. The van der Waals surface area contributed by atoms with E-state index in [1.54, 1.807) is 13.0 Å². The minimum atomic E-state index is -4.89. The topological polar surface area (TPSA) is 90.9 Å². The first-order chi connectivity index (χ1) is 14.7. The number of ether oxygens (including phenoxy) is 2. The van der Waals surface area contributed by atoms with Crippen LogP contribution in [-0.4, -0.2) is 34.6 Å². The predicted octanol–water partition coefficient (Wildman–Crippen LogP) is 5.15. The molecule has 31 heavy (non-hydrogen) atoms. The molecule has 0 fully saturated rings. The molecule has 0 radical (unpaired) electrons. The molecule has 10 heteroatoms. The lowest BCUT2D eigenvalue weighted by Gasteiger charge is -2.11. The summed E-state index contributed by atoms with van der Waals surface area (Å²) in [6.07, 6.45) is -4.89. The van der Waals surface area contributed by atoms with Crippen molar-refractivity contribution >= 4 is 33.8 Å². The van der Waals surface area contributed by atoms with Crippen LogP contribution in [0, 0.1) is 0 Å². The first-order valence-corrected chi connectivity index (χ1v) is 9.02. The molecule has 7 nitrogen and oxygen atoms in total. The number of esters is 1. The van der Waals surface area contributed by atoms with Gasteiger partial charge in [0.1, 0.15) is 17.0 Å². The molecule has 0 atom stereocenters. The van der Waals surface area contributed by atoms with Crippen LogP contribution < -0.4 is 4.74 Å². The van der Waals surface area contributed by atoms with E-state index in [4.69, 9.17) is 9.15 Å². The normalized spacial score (nSPS) is 11.7. The van der Waals surface area contributed by atoms with Crippen molar-refractivity contribution in [1.82, 2.24) is 4.57 Å². The fraction of sp³-hybridized carbons (Fsp3) is 0.143. The Morgan fingerprint density at radius 1 is 1.06 bits per heavy atom. The molecule has 0 aliphatic carbocycles. The molecule has 0 amide bonds. The Labute approximate surface area is 172 Å². The molecular formula is C21H14F3NO6. The predicted molar refractivity (Wildman–Crippen MR) is 103 cm³/mol. The van der Waals surface area contributed by atoms with E-state index in [-0.39, 0.29) is 23.6 Å². The minimum absolute atomic E-state index is 0.0225. The Morgan fingerprint density at radius 3 is 2.52 bits per heavy atom. The number of carbonyl (C=O) groups is 2. The van der Waals surface area contributed by atoms with Gasteiger partial charge >= 0.3 is 18.3 Å². The average Bonchev–Trinajstić information content (AvgIpc) is 3.27. The molecule has 0 aliphatic heterocycles. The van der Waals surface area contributed by atoms with E-state index >= 15 is 0 Å². The maximum Gasteiger partial charge on any atom is 0.573 e. The van der Waals surface area contributed by atoms with Crippen molar-refractivity contribution in [1.29, 1.82) is 0 Å². The number of rotatable bonds is 5. The van der Waals surface area contributed by atoms with E-state index in [0.717, 1.165) is 12.1 Å². The largest absolute Gasteiger partial charge is 0.573 e. The number of carboxylic acids is 1. The fourth-order valence-corrected chi connectivity index (χ4v) is 3.29. The number of fused-ring (bicyclic) bond motifs is 2. The highest BCUT2D eigenvalue weighted by Gasteiger charge is 2.31. The first kappa shape index (κ1) is 20.3. The molecule has 0 spiro atoms. The van der Waals surface area contributed by atoms with Gasteiger partial charge in [-0.3, -0.25) is 0 Å². The number of halogens is 3. The minimum Gasteiger partial charge on any atom is -0.477 e.